The van der Waals surface area contributed by atoms with Crippen LogP contribution in [-0.2, 0) is 19.5 Å². The van der Waals surface area contributed by atoms with Crippen molar-refractivity contribution in [3.05, 3.63) is 60.7 Å². The van der Waals surface area contributed by atoms with Crippen LogP contribution in [0.15, 0.2) is 65.6 Å². The van der Waals surface area contributed by atoms with Gasteiger partial charge in [0.05, 0.1) is 24.2 Å². The molecule has 0 aliphatic carbocycles. The molecule has 2 fully saturated rings. The number of nitrogens with one attached hydrogen (secondary N) is 1. The van der Waals surface area contributed by atoms with Crippen LogP contribution in [0.4, 0.5) is 0 Å². The second-order valence-corrected chi connectivity index (χ2v) is 10.6. The fourth-order valence-corrected chi connectivity index (χ4v) is 6.30. The first-order valence-corrected chi connectivity index (χ1v) is 13.0. The summed E-state index contributed by atoms with van der Waals surface area (Å²) >= 11 is 0. The molecule has 3 aliphatic heterocycles. The first-order chi connectivity index (χ1) is 17.6. The number of tetrazole rings is 1. The minimum atomic E-state index is -3.78. The molecule has 0 radical (unpaired) electrons. The van der Waals surface area contributed by atoms with Gasteiger partial charge in [0.15, 0.2) is 17.3 Å². The lowest BCUT2D eigenvalue weighted by molar-refractivity contribution is 0.0626. The summed E-state index contributed by atoms with van der Waals surface area (Å²) in [5.74, 6) is 1.83. The number of sulfonamides is 1. The molecule has 1 N–H and O–H groups in total. The highest BCUT2D eigenvalue weighted by molar-refractivity contribution is 7.89. The van der Waals surface area contributed by atoms with Crippen LogP contribution in [0.2, 0.25) is 0 Å². The predicted octanol–water partition coefficient (Wildman–Crippen LogP) is 1.91. The van der Waals surface area contributed by atoms with Crippen LogP contribution < -0.4 is 14.2 Å². The van der Waals surface area contributed by atoms with Crippen molar-refractivity contribution >= 4 is 20.8 Å². The maximum atomic E-state index is 13.2. The third-order valence-electron chi connectivity index (χ3n) is 6.80. The van der Waals surface area contributed by atoms with E-state index in [0.29, 0.717) is 17.3 Å². The summed E-state index contributed by atoms with van der Waals surface area (Å²) < 4.78 is 53.7. The van der Waals surface area contributed by atoms with Gasteiger partial charge >= 0.3 is 0 Å². The van der Waals surface area contributed by atoms with E-state index in [9.17, 15) is 8.42 Å². The molecule has 11 nitrogen and oxygen atoms in total. The first-order valence-electron chi connectivity index (χ1n) is 11.5. The molecule has 4 atom stereocenters. The Morgan fingerprint density at radius 1 is 0.889 bits per heavy atom. The topological polar surface area (TPSA) is 127 Å². The molecule has 0 bridgehead atoms. The lowest BCUT2D eigenvalue weighted by Crippen LogP contribution is -2.44. The number of benzene rings is 3. The van der Waals surface area contributed by atoms with E-state index < -0.39 is 28.3 Å². The van der Waals surface area contributed by atoms with Gasteiger partial charge in [0.25, 0.3) is 0 Å². The smallest absolute Gasteiger partial charge is 0.241 e. The Labute approximate surface area is 206 Å². The van der Waals surface area contributed by atoms with Crippen LogP contribution in [0.5, 0.6) is 11.5 Å². The standard InChI is InChI=1S/C24H21N5O6S/c30-36(31,17-7-5-14-3-1-2-4-15(14)9-17)26-18-11-32-23-19(12-33-22(18)23)29-24(25-27-28-29)16-6-8-20-21(10-16)35-13-34-20/h1-10,18-19,22-23,26H,11-13H2/t18-,19+,22-,23+/m1/s1. The van der Waals surface area contributed by atoms with Crippen molar-refractivity contribution in [2.45, 2.75) is 29.2 Å². The number of rotatable bonds is 5. The Balaban J connectivity index is 1.12. The number of nitrogens with zero attached hydrogens (tertiary/aromatic N) is 4. The predicted molar refractivity (Wildman–Crippen MR) is 126 cm³/mol. The van der Waals surface area contributed by atoms with Crippen LogP contribution in [0.1, 0.15) is 6.04 Å². The highest BCUT2D eigenvalue weighted by Crippen LogP contribution is 2.39. The number of ether oxygens (including phenoxy) is 4. The Kier molecular flexibility index (Phi) is 4.96. The maximum absolute atomic E-state index is 13.2. The average Bonchev–Trinajstić information content (AvgIpc) is 3.68. The van der Waals surface area contributed by atoms with Crippen LogP contribution >= 0.6 is 0 Å². The summed E-state index contributed by atoms with van der Waals surface area (Å²) in [6, 6.07) is 17.3. The van der Waals surface area contributed by atoms with Gasteiger partial charge < -0.3 is 18.9 Å². The molecule has 12 heteroatoms. The third-order valence-corrected chi connectivity index (χ3v) is 8.29. The summed E-state index contributed by atoms with van der Waals surface area (Å²) in [6.07, 6.45) is -0.885. The van der Waals surface area contributed by atoms with E-state index in [-0.39, 0.29) is 30.9 Å². The van der Waals surface area contributed by atoms with Gasteiger partial charge in [-0.1, -0.05) is 30.3 Å². The summed E-state index contributed by atoms with van der Waals surface area (Å²) in [5, 5.41) is 14.1. The SMILES string of the molecule is O=S(=O)(N[C@@H]1CO[C@@H]2[C@@H]1OC[C@@H]2n1nnnc1-c1ccc2c(c1)OCO2)c1ccc2ccccc2c1. The van der Waals surface area contributed by atoms with Gasteiger partial charge in [0, 0.05) is 5.56 Å². The third kappa shape index (κ3) is 3.53. The van der Waals surface area contributed by atoms with Crippen molar-refractivity contribution < 1.29 is 27.4 Å². The van der Waals surface area contributed by atoms with Crippen molar-refractivity contribution in [2.75, 3.05) is 20.0 Å². The van der Waals surface area contributed by atoms with Gasteiger partial charge in [-0.2, -0.15) is 0 Å². The average molecular weight is 508 g/mol. The molecular formula is C24H21N5O6S. The molecule has 4 aromatic rings. The molecule has 36 heavy (non-hydrogen) atoms. The molecule has 0 unspecified atom stereocenters. The first kappa shape index (κ1) is 21.7. The highest BCUT2D eigenvalue weighted by atomic mass is 32.2. The van der Waals surface area contributed by atoms with Crippen molar-refractivity contribution in [1.82, 2.24) is 24.9 Å². The minimum Gasteiger partial charge on any atom is -0.454 e. The maximum Gasteiger partial charge on any atom is 0.241 e. The Morgan fingerprint density at radius 2 is 1.72 bits per heavy atom. The molecule has 2 saturated heterocycles. The molecular weight excluding hydrogens is 486 g/mol. The Morgan fingerprint density at radius 3 is 2.64 bits per heavy atom. The summed E-state index contributed by atoms with van der Waals surface area (Å²) in [7, 11) is -3.78. The van der Waals surface area contributed by atoms with Crippen molar-refractivity contribution in [2.24, 2.45) is 0 Å². The highest BCUT2D eigenvalue weighted by Gasteiger charge is 2.50. The lowest BCUT2D eigenvalue weighted by Gasteiger charge is -2.18. The summed E-state index contributed by atoms with van der Waals surface area (Å²) in [5.41, 5.74) is 0.763. The van der Waals surface area contributed by atoms with Gasteiger partial charge in [-0.15, -0.1) is 5.10 Å². The van der Waals surface area contributed by atoms with E-state index in [2.05, 4.69) is 20.2 Å². The van der Waals surface area contributed by atoms with Gasteiger partial charge in [0.1, 0.15) is 18.2 Å². The van der Waals surface area contributed by atoms with Crippen LogP contribution in [-0.4, -0.2) is 66.9 Å². The molecule has 3 aromatic carbocycles. The van der Waals surface area contributed by atoms with E-state index in [4.69, 9.17) is 18.9 Å². The fraction of sp³-hybridized carbons (Fsp3) is 0.292. The largest absolute Gasteiger partial charge is 0.454 e. The molecule has 3 aliphatic rings. The van der Waals surface area contributed by atoms with Crippen LogP contribution in [0.25, 0.3) is 22.2 Å². The molecule has 0 saturated carbocycles. The zero-order valence-electron chi connectivity index (χ0n) is 18.9. The van der Waals surface area contributed by atoms with Crippen molar-refractivity contribution in [3.63, 3.8) is 0 Å². The van der Waals surface area contributed by atoms with Gasteiger partial charge in [-0.05, 0) is 51.5 Å². The molecule has 0 amide bonds. The number of aromatic nitrogens is 4. The fourth-order valence-electron chi connectivity index (χ4n) is 5.03. The monoisotopic (exact) mass is 507 g/mol. The minimum absolute atomic E-state index is 0.175. The number of fused-ring (bicyclic) bond motifs is 3. The quantitative estimate of drug-likeness (QED) is 0.431. The second kappa shape index (κ2) is 8.23. The normalized spacial score (nSPS) is 24.9. The van der Waals surface area contributed by atoms with E-state index in [1.807, 2.05) is 42.5 Å². The van der Waals surface area contributed by atoms with E-state index >= 15 is 0 Å². The molecule has 0 spiro atoms. The summed E-state index contributed by atoms with van der Waals surface area (Å²) in [4.78, 5) is 0.199. The van der Waals surface area contributed by atoms with Crippen molar-refractivity contribution in [1.29, 1.82) is 0 Å². The molecule has 4 heterocycles. The summed E-state index contributed by atoms with van der Waals surface area (Å²) in [6.45, 7) is 0.639. The molecule has 1 aromatic heterocycles. The van der Waals surface area contributed by atoms with Crippen LogP contribution in [0.3, 0.4) is 0 Å². The number of hydrogen-bond acceptors (Lipinski definition) is 9. The zero-order chi connectivity index (χ0) is 24.3. The van der Waals surface area contributed by atoms with Gasteiger partial charge in [0.2, 0.25) is 16.8 Å². The van der Waals surface area contributed by atoms with E-state index in [0.717, 1.165) is 16.3 Å². The molecule has 184 valence electrons. The van der Waals surface area contributed by atoms with Crippen molar-refractivity contribution in [3.8, 4) is 22.9 Å². The van der Waals surface area contributed by atoms with E-state index in [1.165, 1.54) is 0 Å². The zero-order valence-corrected chi connectivity index (χ0v) is 19.7. The van der Waals surface area contributed by atoms with Gasteiger partial charge in [-0.25, -0.2) is 17.8 Å². The lowest BCUT2D eigenvalue weighted by atomic mass is 10.1. The Bertz CT molecular complexity index is 1570. The van der Waals surface area contributed by atoms with Gasteiger partial charge in [-0.3, -0.25) is 0 Å². The number of hydrogen-bond donors (Lipinski definition) is 1. The van der Waals surface area contributed by atoms with Crippen LogP contribution in [0, 0.1) is 0 Å². The van der Waals surface area contributed by atoms with E-state index in [1.54, 1.807) is 22.9 Å². The Hall–Kier alpha value is -3.58. The second-order valence-electron chi connectivity index (χ2n) is 8.92. The molecule has 7 rings (SSSR count).